The highest BCUT2D eigenvalue weighted by Crippen LogP contribution is 2.57. The third kappa shape index (κ3) is 6.86. The second-order valence-corrected chi connectivity index (χ2v) is 20.7. The number of hydrogen-bond acceptors (Lipinski definition) is 3. The Labute approximate surface area is 456 Å². The van der Waals surface area contributed by atoms with Crippen molar-refractivity contribution in [2.75, 3.05) is 0 Å². The lowest BCUT2D eigenvalue weighted by Gasteiger charge is -2.34. The molecule has 1 aliphatic rings. The van der Waals surface area contributed by atoms with Crippen LogP contribution in [0.2, 0.25) is 0 Å². The van der Waals surface area contributed by atoms with Crippen molar-refractivity contribution in [3.05, 3.63) is 307 Å². The van der Waals surface area contributed by atoms with Crippen LogP contribution in [0.3, 0.4) is 0 Å². The SMILES string of the molecule is c1ccc(-c2nc(-c3ccc(-c4cccc5cccc(-c6ccccc6)c45)cc3)nc(-n3c4ccccc4c4cc5c(cc43)c3ccccc3n5-c3ccc4c(c3)C(c3ccccc3)(c3ccccc3)c3ccccc3-4)n2)cc1. The number of rotatable bonds is 8. The van der Waals surface area contributed by atoms with E-state index in [1.54, 1.807) is 0 Å². The molecule has 12 aromatic carbocycles. The van der Waals surface area contributed by atoms with Crippen molar-refractivity contribution >= 4 is 54.4 Å². The highest BCUT2D eigenvalue weighted by atomic mass is 15.2. The smallest absolute Gasteiger partial charge is 0.238 e. The second kappa shape index (κ2) is 17.8. The molecule has 5 nitrogen and oxygen atoms in total. The van der Waals surface area contributed by atoms with Crippen molar-refractivity contribution in [1.29, 1.82) is 0 Å². The first-order valence-electron chi connectivity index (χ1n) is 27.0. The summed E-state index contributed by atoms with van der Waals surface area (Å²) >= 11 is 0. The molecule has 79 heavy (non-hydrogen) atoms. The average molecular weight is 1010 g/mol. The minimum absolute atomic E-state index is 0.530. The largest absolute Gasteiger partial charge is 0.309 e. The molecule has 3 heterocycles. The van der Waals surface area contributed by atoms with Gasteiger partial charge in [-0.2, -0.15) is 9.97 Å². The maximum atomic E-state index is 5.42. The summed E-state index contributed by atoms with van der Waals surface area (Å²) in [6.45, 7) is 0. The van der Waals surface area contributed by atoms with Gasteiger partial charge in [0.25, 0.3) is 0 Å². The van der Waals surface area contributed by atoms with E-state index in [-0.39, 0.29) is 0 Å². The van der Waals surface area contributed by atoms with Crippen molar-refractivity contribution in [3.8, 4) is 67.8 Å². The van der Waals surface area contributed by atoms with Crippen LogP contribution in [0.4, 0.5) is 0 Å². The number of benzene rings is 12. The van der Waals surface area contributed by atoms with Gasteiger partial charge in [-0.3, -0.25) is 4.57 Å². The molecule has 0 saturated heterocycles. The fourth-order valence-electron chi connectivity index (χ4n) is 13.0. The molecular weight excluding hydrogens is 959 g/mol. The summed E-state index contributed by atoms with van der Waals surface area (Å²) in [5, 5.41) is 6.97. The number of para-hydroxylation sites is 2. The number of aromatic nitrogens is 5. The first-order valence-corrected chi connectivity index (χ1v) is 27.0. The molecule has 1 aliphatic carbocycles. The maximum absolute atomic E-state index is 5.42. The quantitative estimate of drug-likeness (QED) is 0.152. The Bertz CT molecular complexity index is 4820. The Morgan fingerprint density at radius 1 is 0.278 bits per heavy atom. The van der Waals surface area contributed by atoms with Gasteiger partial charge in [-0.15, -0.1) is 0 Å². The molecule has 3 aromatic heterocycles. The molecule has 0 bridgehead atoms. The van der Waals surface area contributed by atoms with Gasteiger partial charge in [-0.1, -0.05) is 249 Å². The highest BCUT2D eigenvalue weighted by molar-refractivity contribution is 6.19. The van der Waals surface area contributed by atoms with Crippen LogP contribution in [-0.2, 0) is 5.41 Å². The summed E-state index contributed by atoms with van der Waals surface area (Å²) < 4.78 is 4.71. The Balaban J connectivity index is 0.888. The van der Waals surface area contributed by atoms with Gasteiger partial charge in [0, 0.05) is 38.4 Å². The minimum Gasteiger partial charge on any atom is -0.309 e. The van der Waals surface area contributed by atoms with Crippen molar-refractivity contribution < 1.29 is 0 Å². The van der Waals surface area contributed by atoms with Gasteiger partial charge in [0.2, 0.25) is 5.95 Å². The molecule has 0 amide bonds. The monoisotopic (exact) mass is 1010 g/mol. The van der Waals surface area contributed by atoms with E-state index in [2.05, 4.69) is 276 Å². The van der Waals surface area contributed by atoms with Crippen molar-refractivity contribution in [1.82, 2.24) is 24.1 Å². The Hall–Kier alpha value is -10.5. The van der Waals surface area contributed by atoms with Crippen LogP contribution in [0.5, 0.6) is 0 Å². The lowest BCUT2D eigenvalue weighted by atomic mass is 9.67. The molecule has 15 aromatic rings. The summed E-state index contributed by atoms with van der Waals surface area (Å²) in [6, 6.07) is 103. The lowest BCUT2D eigenvalue weighted by Crippen LogP contribution is -2.28. The number of hydrogen-bond donors (Lipinski definition) is 0. The molecule has 0 N–H and O–H groups in total. The number of nitrogens with zero attached hydrogens (tertiary/aromatic N) is 5. The van der Waals surface area contributed by atoms with Gasteiger partial charge in [0.1, 0.15) is 0 Å². The van der Waals surface area contributed by atoms with E-state index in [9.17, 15) is 0 Å². The first-order chi connectivity index (χ1) is 39.2. The van der Waals surface area contributed by atoms with E-state index in [0.717, 1.165) is 60.6 Å². The zero-order chi connectivity index (χ0) is 52.0. The van der Waals surface area contributed by atoms with E-state index >= 15 is 0 Å². The molecule has 368 valence electrons. The summed E-state index contributed by atoms with van der Waals surface area (Å²) in [5.41, 5.74) is 19.0. The molecular formula is C74H47N5. The van der Waals surface area contributed by atoms with Crippen LogP contribution in [0.25, 0.3) is 122 Å². The number of fused-ring (bicyclic) bond motifs is 10. The van der Waals surface area contributed by atoms with Crippen LogP contribution in [0.15, 0.2) is 285 Å². The molecule has 0 spiro atoms. The Kier molecular flexibility index (Phi) is 10.1. The third-order valence-corrected chi connectivity index (χ3v) is 16.5. The zero-order valence-electron chi connectivity index (χ0n) is 42.9. The molecule has 16 rings (SSSR count). The van der Waals surface area contributed by atoms with Crippen molar-refractivity contribution in [2.24, 2.45) is 0 Å². The van der Waals surface area contributed by atoms with E-state index in [1.807, 2.05) is 18.2 Å². The molecule has 0 atom stereocenters. The maximum Gasteiger partial charge on any atom is 0.238 e. The second-order valence-electron chi connectivity index (χ2n) is 20.7. The van der Waals surface area contributed by atoms with E-state index in [0.29, 0.717) is 17.6 Å². The van der Waals surface area contributed by atoms with Crippen LogP contribution in [-0.4, -0.2) is 24.1 Å². The van der Waals surface area contributed by atoms with Gasteiger partial charge in [0.15, 0.2) is 11.6 Å². The molecule has 0 unspecified atom stereocenters. The standard InChI is InChI=1S/C74H47N5/c1-5-21-48(22-6-1)56-34-19-25-50-26-20-35-57(70(50)56)49-39-41-52(42-40-49)72-75-71(51-23-7-2-8-24-51)76-73(77-72)79-67-38-18-15-33-61(67)63-46-68-62(47-69(63)79)60-32-14-17-37-66(60)78(68)55-43-44-59-58-31-13-16-36-64(58)74(65(59)45-55,53-27-9-3-10-28-53)54-29-11-4-12-30-54/h1-47H. The fraction of sp³-hybridized carbons (Fsp3) is 0.0135. The van der Waals surface area contributed by atoms with Crippen LogP contribution in [0, 0.1) is 0 Å². The average Bonchev–Trinajstić information content (AvgIpc) is 4.26. The molecule has 0 saturated carbocycles. The highest BCUT2D eigenvalue weighted by Gasteiger charge is 2.46. The summed E-state index contributed by atoms with van der Waals surface area (Å²) in [5.74, 6) is 1.76. The third-order valence-electron chi connectivity index (χ3n) is 16.5. The Morgan fingerprint density at radius 2 is 0.734 bits per heavy atom. The van der Waals surface area contributed by atoms with Gasteiger partial charge < -0.3 is 4.57 Å². The molecule has 0 fully saturated rings. The van der Waals surface area contributed by atoms with E-state index in [4.69, 9.17) is 15.0 Å². The Morgan fingerprint density at radius 3 is 1.35 bits per heavy atom. The van der Waals surface area contributed by atoms with Crippen molar-refractivity contribution in [3.63, 3.8) is 0 Å². The first kappa shape index (κ1) is 44.8. The van der Waals surface area contributed by atoms with Gasteiger partial charge >= 0.3 is 0 Å². The fourth-order valence-corrected chi connectivity index (χ4v) is 13.0. The zero-order valence-corrected chi connectivity index (χ0v) is 42.9. The van der Waals surface area contributed by atoms with Gasteiger partial charge in [0.05, 0.1) is 27.5 Å². The van der Waals surface area contributed by atoms with Crippen LogP contribution < -0.4 is 0 Å². The van der Waals surface area contributed by atoms with E-state index < -0.39 is 5.41 Å². The van der Waals surface area contributed by atoms with Crippen LogP contribution >= 0.6 is 0 Å². The molecule has 0 radical (unpaired) electrons. The molecule has 0 aliphatic heterocycles. The molecule has 5 heteroatoms. The summed E-state index contributed by atoms with van der Waals surface area (Å²) in [4.78, 5) is 16.0. The van der Waals surface area contributed by atoms with Crippen LogP contribution in [0.1, 0.15) is 22.3 Å². The lowest BCUT2D eigenvalue weighted by molar-refractivity contribution is 0.767. The van der Waals surface area contributed by atoms with Gasteiger partial charge in [-0.25, -0.2) is 4.98 Å². The predicted octanol–water partition coefficient (Wildman–Crippen LogP) is 18.3. The predicted molar refractivity (Wildman–Crippen MR) is 325 cm³/mol. The van der Waals surface area contributed by atoms with Crippen molar-refractivity contribution in [2.45, 2.75) is 5.41 Å². The van der Waals surface area contributed by atoms with Gasteiger partial charge in [-0.05, 0) is 103 Å². The normalized spacial score (nSPS) is 12.7. The summed E-state index contributed by atoms with van der Waals surface area (Å²) in [7, 11) is 0. The summed E-state index contributed by atoms with van der Waals surface area (Å²) in [6.07, 6.45) is 0. The van der Waals surface area contributed by atoms with E-state index in [1.165, 1.54) is 66.2 Å². The minimum atomic E-state index is -0.530. The topological polar surface area (TPSA) is 48.5 Å².